The lowest BCUT2D eigenvalue weighted by molar-refractivity contribution is -0.150. The summed E-state index contributed by atoms with van der Waals surface area (Å²) in [6.45, 7) is 3.52. The predicted molar refractivity (Wildman–Crippen MR) is 108 cm³/mol. The van der Waals surface area contributed by atoms with E-state index < -0.39 is 30.5 Å². The van der Waals surface area contributed by atoms with Gasteiger partial charge in [0.05, 0.1) is 25.0 Å². The highest BCUT2D eigenvalue weighted by Crippen LogP contribution is 2.34. The highest BCUT2D eigenvalue weighted by Gasteiger charge is 2.26. The molecular formula is C20H26N2O6S. The standard InChI is InChI=1S/C20H26N2O6S/c1-13(2)10-14(20(26)27-3)21-17(23)11-28-19(25)8-9-22-15-6-4-5-7-16(15)29-12-18(22)24/h4-7,13-14H,8-12H2,1-3H3,(H,21,23)/t14-/m1/s1. The van der Waals surface area contributed by atoms with Crippen molar-refractivity contribution in [1.29, 1.82) is 0 Å². The van der Waals surface area contributed by atoms with Crippen LogP contribution in [0.5, 0.6) is 0 Å². The molecule has 158 valence electrons. The number of methoxy groups -OCH3 is 1. The number of rotatable bonds is 9. The van der Waals surface area contributed by atoms with Gasteiger partial charge in [-0.3, -0.25) is 14.4 Å². The molecule has 0 spiro atoms. The van der Waals surface area contributed by atoms with E-state index in [1.54, 1.807) is 4.90 Å². The fourth-order valence-corrected chi connectivity index (χ4v) is 3.82. The normalized spacial score (nSPS) is 14.2. The Hall–Kier alpha value is -2.55. The van der Waals surface area contributed by atoms with E-state index in [-0.39, 0.29) is 24.8 Å². The number of hydrogen-bond donors (Lipinski definition) is 1. The number of benzene rings is 1. The monoisotopic (exact) mass is 422 g/mol. The van der Waals surface area contributed by atoms with Gasteiger partial charge in [0.2, 0.25) is 5.91 Å². The van der Waals surface area contributed by atoms with Gasteiger partial charge in [-0.05, 0) is 24.5 Å². The average molecular weight is 423 g/mol. The summed E-state index contributed by atoms with van der Waals surface area (Å²) in [5, 5.41) is 2.52. The number of esters is 2. The minimum atomic E-state index is -0.786. The maximum atomic E-state index is 12.2. The van der Waals surface area contributed by atoms with Crippen LogP contribution in [0, 0.1) is 5.92 Å². The Bertz CT molecular complexity index is 767. The number of nitrogens with zero attached hydrogens (tertiary/aromatic N) is 1. The van der Waals surface area contributed by atoms with Crippen LogP contribution in [-0.4, -0.2) is 55.8 Å². The molecule has 0 aliphatic carbocycles. The van der Waals surface area contributed by atoms with Crippen LogP contribution in [0.25, 0.3) is 0 Å². The van der Waals surface area contributed by atoms with Gasteiger partial charge in [0.1, 0.15) is 6.04 Å². The van der Waals surface area contributed by atoms with E-state index in [1.807, 2.05) is 38.1 Å². The predicted octanol–water partition coefficient (Wildman–Crippen LogP) is 1.76. The second-order valence-corrected chi connectivity index (χ2v) is 8.00. The van der Waals surface area contributed by atoms with Crippen LogP contribution in [0.1, 0.15) is 26.7 Å². The maximum absolute atomic E-state index is 12.2. The molecule has 1 aliphatic heterocycles. The lowest BCUT2D eigenvalue weighted by Crippen LogP contribution is -2.44. The Balaban J connectivity index is 1.81. The first kappa shape index (κ1) is 22.7. The molecule has 0 unspecified atom stereocenters. The number of fused-ring (bicyclic) bond motifs is 1. The largest absolute Gasteiger partial charge is 0.467 e. The van der Waals surface area contributed by atoms with Gasteiger partial charge in [-0.2, -0.15) is 0 Å². The van der Waals surface area contributed by atoms with Crippen molar-refractivity contribution in [2.75, 3.05) is 30.9 Å². The maximum Gasteiger partial charge on any atom is 0.328 e. The zero-order valence-corrected chi connectivity index (χ0v) is 17.6. The van der Waals surface area contributed by atoms with Crippen molar-refractivity contribution in [3.05, 3.63) is 24.3 Å². The molecule has 1 heterocycles. The lowest BCUT2D eigenvalue weighted by atomic mass is 10.0. The van der Waals surface area contributed by atoms with Crippen LogP contribution in [0.3, 0.4) is 0 Å². The Morgan fingerprint density at radius 2 is 1.97 bits per heavy atom. The second kappa shape index (κ2) is 10.8. The lowest BCUT2D eigenvalue weighted by Gasteiger charge is -2.28. The van der Waals surface area contributed by atoms with Gasteiger partial charge < -0.3 is 19.7 Å². The number of nitrogens with one attached hydrogen (secondary N) is 1. The zero-order valence-electron chi connectivity index (χ0n) is 16.8. The van der Waals surface area contributed by atoms with E-state index in [4.69, 9.17) is 4.74 Å². The Morgan fingerprint density at radius 1 is 1.24 bits per heavy atom. The number of hydrogen-bond acceptors (Lipinski definition) is 7. The smallest absolute Gasteiger partial charge is 0.328 e. The summed E-state index contributed by atoms with van der Waals surface area (Å²) < 4.78 is 9.67. The summed E-state index contributed by atoms with van der Waals surface area (Å²) in [6, 6.07) is 6.71. The summed E-state index contributed by atoms with van der Waals surface area (Å²) >= 11 is 1.46. The Labute approximate surface area is 174 Å². The third kappa shape index (κ3) is 6.77. The number of anilines is 1. The summed E-state index contributed by atoms with van der Waals surface area (Å²) in [5.74, 6) is -1.30. The van der Waals surface area contributed by atoms with Crippen molar-refractivity contribution in [2.24, 2.45) is 5.92 Å². The first-order chi connectivity index (χ1) is 13.8. The molecule has 0 saturated heterocycles. The molecule has 2 rings (SSSR count). The van der Waals surface area contributed by atoms with E-state index in [9.17, 15) is 19.2 Å². The van der Waals surface area contributed by atoms with Crippen LogP contribution in [0.15, 0.2) is 29.2 Å². The third-order valence-corrected chi connectivity index (χ3v) is 5.29. The molecule has 9 heteroatoms. The molecule has 2 amide bonds. The molecule has 0 radical (unpaired) electrons. The van der Waals surface area contributed by atoms with E-state index in [0.717, 1.165) is 10.6 Å². The van der Waals surface area contributed by atoms with Gasteiger partial charge in [0.25, 0.3) is 5.91 Å². The molecule has 0 aromatic heterocycles. The van der Waals surface area contributed by atoms with Crippen LogP contribution in [0.2, 0.25) is 0 Å². The van der Waals surface area contributed by atoms with Gasteiger partial charge >= 0.3 is 11.9 Å². The molecule has 0 bridgehead atoms. The molecule has 1 aromatic carbocycles. The number of carbonyl (C=O) groups is 4. The van der Waals surface area contributed by atoms with E-state index in [0.29, 0.717) is 12.2 Å². The highest BCUT2D eigenvalue weighted by molar-refractivity contribution is 8.00. The van der Waals surface area contributed by atoms with Crippen molar-refractivity contribution in [2.45, 2.75) is 37.6 Å². The first-order valence-corrected chi connectivity index (χ1v) is 10.4. The first-order valence-electron chi connectivity index (χ1n) is 9.36. The van der Waals surface area contributed by atoms with Crippen LogP contribution >= 0.6 is 11.8 Å². The number of para-hydroxylation sites is 1. The minimum absolute atomic E-state index is 0.0373. The van der Waals surface area contributed by atoms with Gasteiger partial charge in [-0.1, -0.05) is 26.0 Å². The van der Waals surface area contributed by atoms with E-state index >= 15 is 0 Å². The van der Waals surface area contributed by atoms with Gasteiger partial charge in [-0.25, -0.2) is 4.79 Å². The number of carbonyl (C=O) groups excluding carboxylic acids is 4. The van der Waals surface area contributed by atoms with Crippen LogP contribution < -0.4 is 10.2 Å². The molecule has 8 nitrogen and oxygen atoms in total. The number of amides is 2. The summed E-state index contributed by atoms with van der Waals surface area (Å²) in [5.41, 5.74) is 0.772. The van der Waals surface area contributed by atoms with E-state index in [1.165, 1.54) is 18.9 Å². The van der Waals surface area contributed by atoms with E-state index in [2.05, 4.69) is 10.1 Å². The van der Waals surface area contributed by atoms with Gasteiger partial charge in [0, 0.05) is 11.4 Å². The molecule has 1 atom stereocenters. The zero-order chi connectivity index (χ0) is 21.4. The summed E-state index contributed by atoms with van der Waals surface area (Å²) in [7, 11) is 1.25. The highest BCUT2D eigenvalue weighted by atomic mass is 32.2. The molecule has 29 heavy (non-hydrogen) atoms. The third-order valence-electron chi connectivity index (χ3n) is 4.24. The molecule has 1 aromatic rings. The van der Waals surface area contributed by atoms with Gasteiger partial charge in [0.15, 0.2) is 6.61 Å². The molecule has 1 aliphatic rings. The topological polar surface area (TPSA) is 102 Å². The van der Waals surface area contributed by atoms with Crippen molar-refractivity contribution >= 4 is 41.2 Å². The Kier molecular flexibility index (Phi) is 8.50. The number of ether oxygens (including phenoxy) is 2. The fourth-order valence-electron chi connectivity index (χ4n) is 2.88. The van der Waals surface area contributed by atoms with Crippen molar-refractivity contribution in [3.8, 4) is 0 Å². The fraction of sp³-hybridized carbons (Fsp3) is 0.500. The van der Waals surface area contributed by atoms with Crippen LogP contribution in [-0.2, 0) is 28.7 Å². The average Bonchev–Trinajstić information content (AvgIpc) is 2.70. The van der Waals surface area contributed by atoms with Crippen molar-refractivity contribution in [3.63, 3.8) is 0 Å². The summed E-state index contributed by atoms with van der Waals surface area (Å²) in [6.07, 6.45) is 0.380. The minimum Gasteiger partial charge on any atom is -0.467 e. The van der Waals surface area contributed by atoms with Crippen LogP contribution in [0.4, 0.5) is 5.69 Å². The SMILES string of the molecule is COC(=O)[C@@H](CC(C)C)NC(=O)COC(=O)CCN1C(=O)CSc2ccccc21. The van der Waals surface area contributed by atoms with Crippen molar-refractivity contribution < 1.29 is 28.7 Å². The Morgan fingerprint density at radius 3 is 2.66 bits per heavy atom. The van der Waals surface area contributed by atoms with Crippen molar-refractivity contribution in [1.82, 2.24) is 5.32 Å². The molecule has 1 N–H and O–H groups in total. The number of thioether (sulfide) groups is 1. The van der Waals surface area contributed by atoms with Gasteiger partial charge in [-0.15, -0.1) is 11.8 Å². The molecular weight excluding hydrogens is 396 g/mol. The molecule has 0 fully saturated rings. The molecule has 0 saturated carbocycles. The quantitative estimate of drug-likeness (QED) is 0.605. The summed E-state index contributed by atoms with van der Waals surface area (Å²) in [4.78, 5) is 50.5. The second-order valence-electron chi connectivity index (χ2n) is 6.99.